The highest BCUT2D eigenvalue weighted by Crippen LogP contribution is 2.43. The van der Waals surface area contributed by atoms with Crippen LogP contribution in [0, 0.1) is 19.7 Å². The second-order valence-corrected chi connectivity index (χ2v) is 6.05. The highest BCUT2D eigenvalue weighted by molar-refractivity contribution is 5.37. The van der Waals surface area contributed by atoms with E-state index in [2.05, 4.69) is 0 Å². The Morgan fingerprint density at radius 2 is 2.05 bits per heavy atom. The van der Waals surface area contributed by atoms with Crippen LogP contribution in [-0.4, -0.2) is 17.3 Å². The molecule has 2 nitrogen and oxygen atoms in total. The van der Waals surface area contributed by atoms with Crippen LogP contribution in [0.1, 0.15) is 49.8 Å². The summed E-state index contributed by atoms with van der Waals surface area (Å²) in [5.41, 5.74) is 0.649. The first-order valence-corrected chi connectivity index (χ1v) is 6.93. The summed E-state index contributed by atoms with van der Waals surface area (Å²) >= 11 is 0. The molecule has 0 aliphatic carbocycles. The van der Waals surface area contributed by atoms with Gasteiger partial charge in [0, 0.05) is 18.4 Å². The van der Waals surface area contributed by atoms with Crippen LogP contribution in [-0.2, 0) is 10.3 Å². The predicted octanol–water partition coefficient (Wildman–Crippen LogP) is 3.61. The molecule has 3 heteroatoms. The summed E-state index contributed by atoms with van der Waals surface area (Å²) in [6.07, 6.45) is 1.70. The maximum atomic E-state index is 14.3. The zero-order chi connectivity index (χ0) is 14.3. The number of aliphatic hydroxyl groups is 1. The minimum atomic E-state index is -1.12. The number of hydrogen-bond donors (Lipinski definition) is 1. The van der Waals surface area contributed by atoms with Crippen molar-refractivity contribution in [2.24, 2.45) is 0 Å². The lowest BCUT2D eigenvalue weighted by molar-refractivity contribution is -0.158. The minimum Gasteiger partial charge on any atom is -0.385 e. The summed E-state index contributed by atoms with van der Waals surface area (Å²) in [7, 11) is 0. The number of ether oxygens (including phenoxy) is 1. The molecule has 2 unspecified atom stereocenters. The van der Waals surface area contributed by atoms with Gasteiger partial charge >= 0.3 is 0 Å². The van der Waals surface area contributed by atoms with E-state index in [0.29, 0.717) is 25.0 Å². The van der Waals surface area contributed by atoms with Crippen molar-refractivity contribution in [2.45, 2.75) is 58.2 Å². The summed E-state index contributed by atoms with van der Waals surface area (Å²) in [6.45, 7) is 8.21. The number of aryl methyl sites for hydroxylation is 2. The molecule has 1 saturated heterocycles. The Balaban J connectivity index is 2.45. The summed E-state index contributed by atoms with van der Waals surface area (Å²) in [5.74, 6) is -0.305. The second-order valence-electron chi connectivity index (χ2n) is 6.05. The third-order valence-electron chi connectivity index (χ3n) is 4.28. The predicted molar refractivity (Wildman–Crippen MR) is 73.7 cm³/mol. The second kappa shape index (κ2) is 4.88. The van der Waals surface area contributed by atoms with Gasteiger partial charge in [0.05, 0.1) is 17.8 Å². The third kappa shape index (κ3) is 2.67. The molecule has 1 aromatic carbocycles. The van der Waals surface area contributed by atoms with Crippen LogP contribution in [0.25, 0.3) is 0 Å². The van der Waals surface area contributed by atoms with E-state index in [9.17, 15) is 9.50 Å². The Hall–Kier alpha value is -0.930. The average molecular weight is 266 g/mol. The van der Waals surface area contributed by atoms with E-state index in [1.54, 1.807) is 0 Å². The van der Waals surface area contributed by atoms with Gasteiger partial charge in [-0.05, 0) is 44.4 Å². The van der Waals surface area contributed by atoms with E-state index >= 15 is 0 Å². The van der Waals surface area contributed by atoms with E-state index in [1.165, 1.54) is 6.07 Å². The molecular weight excluding hydrogens is 243 g/mol. The van der Waals surface area contributed by atoms with Crippen LogP contribution in [0.3, 0.4) is 0 Å². The first kappa shape index (κ1) is 14.5. The summed E-state index contributed by atoms with van der Waals surface area (Å²) in [4.78, 5) is 0. The van der Waals surface area contributed by atoms with Crippen molar-refractivity contribution in [2.75, 3.05) is 6.61 Å². The Bertz CT molecular complexity index is 463. The van der Waals surface area contributed by atoms with Gasteiger partial charge in [-0.2, -0.15) is 0 Å². The molecule has 0 amide bonds. The molecule has 0 saturated carbocycles. The first-order valence-electron chi connectivity index (χ1n) is 6.93. The molecule has 1 fully saturated rings. The highest BCUT2D eigenvalue weighted by Gasteiger charge is 2.44. The Kier molecular flexibility index (Phi) is 3.72. The average Bonchev–Trinajstić information content (AvgIpc) is 2.26. The van der Waals surface area contributed by atoms with Crippen LogP contribution >= 0.6 is 0 Å². The van der Waals surface area contributed by atoms with E-state index < -0.39 is 5.60 Å². The van der Waals surface area contributed by atoms with Crippen LogP contribution in [0.4, 0.5) is 4.39 Å². The van der Waals surface area contributed by atoms with Crippen LogP contribution in [0.15, 0.2) is 12.1 Å². The van der Waals surface area contributed by atoms with Gasteiger partial charge in [0.1, 0.15) is 5.82 Å². The molecule has 1 N–H and O–H groups in total. The molecular formula is C16H23FO2. The van der Waals surface area contributed by atoms with Crippen molar-refractivity contribution in [1.29, 1.82) is 0 Å². The zero-order valence-electron chi connectivity index (χ0n) is 12.2. The topological polar surface area (TPSA) is 29.5 Å². The SMILES string of the molecule is CCC1(C)CC(O)(c2c(C)cc(C)cc2F)CCO1. The Morgan fingerprint density at radius 1 is 1.37 bits per heavy atom. The summed E-state index contributed by atoms with van der Waals surface area (Å²) in [6, 6.07) is 3.42. The van der Waals surface area contributed by atoms with Crippen molar-refractivity contribution >= 4 is 0 Å². The van der Waals surface area contributed by atoms with Gasteiger partial charge in [-0.25, -0.2) is 4.39 Å². The number of rotatable bonds is 2. The van der Waals surface area contributed by atoms with Gasteiger partial charge in [-0.15, -0.1) is 0 Å². The molecule has 2 atom stereocenters. The van der Waals surface area contributed by atoms with Crippen molar-refractivity contribution in [3.63, 3.8) is 0 Å². The van der Waals surface area contributed by atoms with Crippen LogP contribution in [0.5, 0.6) is 0 Å². The molecule has 0 bridgehead atoms. The van der Waals surface area contributed by atoms with Gasteiger partial charge in [0.15, 0.2) is 0 Å². The van der Waals surface area contributed by atoms with Crippen molar-refractivity contribution in [3.8, 4) is 0 Å². The quantitative estimate of drug-likeness (QED) is 0.886. The molecule has 0 spiro atoms. The standard InChI is InChI=1S/C16H23FO2/c1-5-15(4)10-16(18,6-7-19-15)14-12(3)8-11(2)9-13(14)17/h8-9,18H,5-7,10H2,1-4H3. The fraction of sp³-hybridized carbons (Fsp3) is 0.625. The minimum absolute atomic E-state index is 0.305. The summed E-state index contributed by atoms with van der Waals surface area (Å²) < 4.78 is 20.0. The molecule has 1 aliphatic rings. The number of benzene rings is 1. The van der Waals surface area contributed by atoms with Gasteiger partial charge in [0.2, 0.25) is 0 Å². The van der Waals surface area contributed by atoms with Crippen molar-refractivity contribution < 1.29 is 14.2 Å². The van der Waals surface area contributed by atoms with E-state index in [1.807, 2.05) is 33.8 Å². The van der Waals surface area contributed by atoms with Crippen molar-refractivity contribution in [1.82, 2.24) is 0 Å². The van der Waals surface area contributed by atoms with Gasteiger partial charge in [-0.1, -0.05) is 13.0 Å². The number of hydrogen-bond acceptors (Lipinski definition) is 2. The van der Waals surface area contributed by atoms with Crippen molar-refractivity contribution in [3.05, 3.63) is 34.6 Å². The van der Waals surface area contributed by atoms with Gasteiger partial charge in [0.25, 0.3) is 0 Å². The zero-order valence-corrected chi connectivity index (χ0v) is 12.2. The molecule has 0 radical (unpaired) electrons. The Morgan fingerprint density at radius 3 is 2.63 bits per heavy atom. The Labute approximate surface area is 114 Å². The lowest BCUT2D eigenvalue weighted by Crippen LogP contribution is -2.46. The van der Waals surface area contributed by atoms with Gasteiger partial charge in [-0.3, -0.25) is 0 Å². The lowest BCUT2D eigenvalue weighted by atomic mass is 9.76. The first-order chi connectivity index (χ1) is 8.80. The molecule has 0 aromatic heterocycles. The van der Waals surface area contributed by atoms with Gasteiger partial charge < -0.3 is 9.84 Å². The smallest absolute Gasteiger partial charge is 0.129 e. The number of halogens is 1. The molecule has 19 heavy (non-hydrogen) atoms. The summed E-state index contributed by atoms with van der Waals surface area (Å²) in [5, 5.41) is 10.9. The lowest BCUT2D eigenvalue weighted by Gasteiger charge is -2.44. The van der Waals surface area contributed by atoms with Crippen LogP contribution in [0.2, 0.25) is 0 Å². The fourth-order valence-corrected chi connectivity index (χ4v) is 3.17. The molecule has 1 aromatic rings. The van der Waals surface area contributed by atoms with E-state index in [0.717, 1.165) is 17.5 Å². The fourth-order valence-electron chi connectivity index (χ4n) is 3.17. The van der Waals surface area contributed by atoms with E-state index in [-0.39, 0.29) is 11.4 Å². The monoisotopic (exact) mass is 266 g/mol. The molecule has 106 valence electrons. The normalized spacial score (nSPS) is 31.5. The maximum Gasteiger partial charge on any atom is 0.129 e. The third-order valence-corrected chi connectivity index (χ3v) is 4.28. The van der Waals surface area contributed by atoms with E-state index in [4.69, 9.17) is 4.74 Å². The molecule has 1 aliphatic heterocycles. The van der Waals surface area contributed by atoms with Crippen LogP contribution < -0.4 is 0 Å². The molecule has 2 rings (SSSR count). The highest BCUT2D eigenvalue weighted by atomic mass is 19.1. The maximum absolute atomic E-state index is 14.3. The molecule has 1 heterocycles. The largest absolute Gasteiger partial charge is 0.385 e.